The molecule has 0 heterocycles. The van der Waals surface area contributed by atoms with Crippen molar-refractivity contribution in [2.24, 2.45) is 10.7 Å². The van der Waals surface area contributed by atoms with Crippen molar-refractivity contribution in [2.45, 2.75) is 0 Å². The molecule has 0 bridgehead atoms. The first kappa shape index (κ1) is 10.2. The predicted molar refractivity (Wildman–Crippen MR) is 56.8 cm³/mol. The largest absolute Gasteiger partial charge is 0.394 e. The molecular formula is C9H11BrN2O. The number of aliphatic hydroxyl groups excluding tert-OH is 1. The molecule has 0 fully saturated rings. The van der Waals surface area contributed by atoms with Crippen molar-refractivity contribution in [3.05, 3.63) is 34.3 Å². The zero-order chi connectivity index (χ0) is 9.68. The minimum atomic E-state index is 0.0250. The SMILES string of the molecule is NC(=NCCO)c1ccc(Br)cc1. The van der Waals surface area contributed by atoms with Gasteiger partial charge in [-0.2, -0.15) is 0 Å². The fourth-order valence-corrected chi connectivity index (χ4v) is 1.15. The minimum absolute atomic E-state index is 0.0250. The van der Waals surface area contributed by atoms with E-state index in [-0.39, 0.29) is 6.61 Å². The van der Waals surface area contributed by atoms with E-state index in [2.05, 4.69) is 20.9 Å². The summed E-state index contributed by atoms with van der Waals surface area (Å²) in [6.45, 7) is 0.374. The minimum Gasteiger partial charge on any atom is -0.394 e. The molecule has 3 N–H and O–H groups in total. The van der Waals surface area contributed by atoms with Gasteiger partial charge in [-0.15, -0.1) is 0 Å². The number of halogens is 1. The molecule has 1 rings (SSSR count). The molecule has 0 aliphatic heterocycles. The van der Waals surface area contributed by atoms with E-state index in [9.17, 15) is 0 Å². The van der Waals surface area contributed by atoms with E-state index < -0.39 is 0 Å². The number of benzene rings is 1. The summed E-state index contributed by atoms with van der Waals surface area (Å²) in [4.78, 5) is 3.97. The van der Waals surface area contributed by atoms with Gasteiger partial charge in [0.25, 0.3) is 0 Å². The zero-order valence-corrected chi connectivity index (χ0v) is 8.66. The van der Waals surface area contributed by atoms with Gasteiger partial charge in [0.1, 0.15) is 5.84 Å². The van der Waals surface area contributed by atoms with Gasteiger partial charge < -0.3 is 10.8 Å². The molecule has 0 amide bonds. The van der Waals surface area contributed by atoms with Crippen molar-refractivity contribution < 1.29 is 5.11 Å². The van der Waals surface area contributed by atoms with Gasteiger partial charge in [-0.3, -0.25) is 4.99 Å². The van der Waals surface area contributed by atoms with Crippen LogP contribution in [0.5, 0.6) is 0 Å². The summed E-state index contributed by atoms with van der Waals surface area (Å²) in [5.41, 5.74) is 6.53. The van der Waals surface area contributed by atoms with Crippen LogP contribution < -0.4 is 5.73 Å². The van der Waals surface area contributed by atoms with Crippen molar-refractivity contribution in [3.63, 3.8) is 0 Å². The Morgan fingerprint density at radius 3 is 2.54 bits per heavy atom. The number of hydrogen-bond donors (Lipinski definition) is 2. The maximum Gasteiger partial charge on any atom is 0.125 e. The average molecular weight is 243 g/mol. The monoisotopic (exact) mass is 242 g/mol. The third kappa shape index (κ3) is 3.16. The number of nitrogens with two attached hydrogens (primary N) is 1. The van der Waals surface area contributed by atoms with Gasteiger partial charge >= 0.3 is 0 Å². The Morgan fingerprint density at radius 1 is 1.38 bits per heavy atom. The maximum atomic E-state index is 8.54. The third-order valence-electron chi connectivity index (χ3n) is 1.52. The summed E-state index contributed by atoms with van der Waals surface area (Å²) in [6, 6.07) is 7.55. The summed E-state index contributed by atoms with van der Waals surface area (Å²) in [5, 5.41) is 8.54. The lowest BCUT2D eigenvalue weighted by atomic mass is 10.2. The van der Waals surface area contributed by atoms with Gasteiger partial charge in [-0.1, -0.05) is 28.1 Å². The fourth-order valence-electron chi connectivity index (χ4n) is 0.882. The van der Waals surface area contributed by atoms with Gasteiger partial charge in [0.05, 0.1) is 13.2 Å². The van der Waals surface area contributed by atoms with Gasteiger partial charge in [0.2, 0.25) is 0 Å². The predicted octanol–water partition coefficient (Wildman–Crippen LogP) is 1.15. The number of rotatable bonds is 3. The quantitative estimate of drug-likeness (QED) is 0.618. The van der Waals surface area contributed by atoms with E-state index in [1.165, 1.54) is 0 Å². The average Bonchev–Trinajstić information content (AvgIpc) is 2.15. The molecule has 0 aliphatic rings. The molecule has 4 heteroatoms. The highest BCUT2D eigenvalue weighted by molar-refractivity contribution is 9.10. The van der Waals surface area contributed by atoms with Crippen LogP contribution >= 0.6 is 15.9 Å². The first-order valence-corrected chi connectivity index (χ1v) is 4.70. The lowest BCUT2D eigenvalue weighted by Crippen LogP contribution is -2.14. The molecular weight excluding hydrogens is 232 g/mol. The van der Waals surface area contributed by atoms with E-state index in [0.717, 1.165) is 10.0 Å². The molecule has 3 nitrogen and oxygen atoms in total. The molecule has 0 spiro atoms. The molecule has 13 heavy (non-hydrogen) atoms. The Labute approximate surface area is 85.4 Å². The van der Waals surface area contributed by atoms with Crippen LogP contribution in [-0.2, 0) is 0 Å². The number of amidine groups is 1. The van der Waals surface area contributed by atoms with Crippen LogP contribution in [0, 0.1) is 0 Å². The smallest absolute Gasteiger partial charge is 0.125 e. The van der Waals surface area contributed by atoms with E-state index in [1.54, 1.807) is 0 Å². The van der Waals surface area contributed by atoms with Crippen molar-refractivity contribution in [1.82, 2.24) is 0 Å². The van der Waals surface area contributed by atoms with E-state index >= 15 is 0 Å². The third-order valence-corrected chi connectivity index (χ3v) is 2.05. The van der Waals surface area contributed by atoms with E-state index in [1.807, 2.05) is 24.3 Å². The van der Waals surface area contributed by atoms with E-state index in [4.69, 9.17) is 10.8 Å². The molecule has 0 atom stereocenters. The van der Waals surface area contributed by atoms with Crippen LogP contribution in [0.15, 0.2) is 33.7 Å². The molecule has 1 aromatic carbocycles. The Bertz CT molecular complexity index is 295. The van der Waals surface area contributed by atoms with Crippen molar-refractivity contribution in [1.29, 1.82) is 0 Å². The second-order valence-electron chi connectivity index (χ2n) is 2.50. The van der Waals surface area contributed by atoms with Gasteiger partial charge in [0, 0.05) is 10.0 Å². The number of nitrogens with zero attached hydrogens (tertiary/aromatic N) is 1. The Kier molecular flexibility index (Phi) is 3.92. The highest BCUT2D eigenvalue weighted by Crippen LogP contribution is 2.10. The van der Waals surface area contributed by atoms with Gasteiger partial charge in [-0.25, -0.2) is 0 Å². The molecule has 0 aromatic heterocycles. The summed E-state index contributed by atoms with van der Waals surface area (Å²) in [7, 11) is 0. The number of aliphatic hydroxyl groups is 1. The molecule has 0 saturated carbocycles. The highest BCUT2D eigenvalue weighted by atomic mass is 79.9. The molecule has 1 aromatic rings. The second-order valence-corrected chi connectivity index (χ2v) is 3.41. The molecule has 0 unspecified atom stereocenters. The zero-order valence-electron chi connectivity index (χ0n) is 7.07. The lowest BCUT2D eigenvalue weighted by Gasteiger charge is -1.99. The second kappa shape index (κ2) is 4.99. The van der Waals surface area contributed by atoms with Crippen LogP contribution in [0.25, 0.3) is 0 Å². The van der Waals surface area contributed by atoms with Crippen LogP contribution in [0.1, 0.15) is 5.56 Å². The summed E-state index contributed by atoms with van der Waals surface area (Å²) < 4.78 is 1.01. The normalized spacial score (nSPS) is 11.7. The Morgan fingerprint density at radius 2 is 2.00 bits per heavy atom. The van der Waals surface area contributed by atoms with Crippen molar-refractivity contribution in [3.8, 4) is 0 Å². The van der Waals surface area contributed by atoms with Gasteiger partial charge in [0.15, 0.2) is 0 Å². The van der Waals surface area contributed by atoms with Crippen molar-refractivity contribution in [2.75, 3.05) is 13.2 Å². The highest BCUT2D eigenvalue weighted by Gasteiger charge is 1.96. The lowest BCUT2D eigenvalue weighted by molar-refractivity contribution is 0.307. The Balaban J connectivity index is 2.77. The first-order valence-electron chi connectivity index (χ1n) is 3.91. The summed E-state index contributed by atoms with van der Waals surface area (Å²) in [6.07, 6.45) is 0. The number of aliphatic imine (C=N–C) groups is 1. The maximum absolute atomic E-state index is 8.54. The van der Waals surface area contributed by atoms with Crippen LogP contribution in [-0.4, -0.2) is 24.1 Å². The molecule has 70 valence electrons. The first-order chi connectivity index (χ1) is 6.24. The molecule has 0 aliphatic carbocycles. The summed E-state index contributed by atoms with van der Waals surface area (Å²) in [5.74, 6) is 0.460. The molecule has 0 saturated heterocycles. The van der Waals surface area contributed by atoms with E-state index in [0.29, 0.717) is 12.4 Å². The van der Waals surface area contributed by atoms with Crippen molar-refractivity contribution >= 4 is 21.8 Å². The van der Waals surface area contributed by atoms with Gasteiger partial charge in [-0.05, 0) is 12.1 Å². The number of hydrogen-bond acceptors (Lipinski definition) is 2. The van der Waals surface area contributed by atoms with Crippen LogP contribution in [0.3, 0.4) is 0 Å². The fraction of sp³-hybridized carbons (Fsp3) is 0.222. The molecule has 0 radical (unpaired) electrons. The summed E-state index contributed by atoms with van der Waals surface area (Å²) >= 11 is 3.33. The topological polar surface area (TPSA) is 58.6 Å². The Hall–Kier alpha value is -0.870. The standard InChI is InChI=1S/C9H11BrN2O/c10-8-3-1-7(2-4-8)9(11)12-5-6-13/h1-4,13H,5-6H2,(H2,11,12). The van der Waals surface area contributed by atoms with Crippen LogP contribution in [0.4, 0.5) is 0 Å². The van der Waals surface area contributed by atoms with Crippen LogP contribution in [0.2, 0.25) is 0 Å².